The second kappa shape index (κ2) is 4.39. The summed E-state index contributed by atoms with van der Waals surface area (Å²) in [6, 6.07) is 5.97. The fourth-order valence-electron chi connectivity index (χ4n) is 1.80. The number of aryl methyl sites for hydroxylation is 2. The van der Waals surface area contributed by atoms with E-state index in [1.54, 1.807) is 0 Å². The van der Waals surface area contributed by atoms with E-state index in [9.17, 15) is 0 Å². The Morgan fingerprint density at radius 2 is 2.19 bits per heavy atom. The van der Waals surface area contributed by atoms with E-state index in [-0.39, 0.29) is 0 Å². The molecular formula is C13H17N3. The van der Waals surface area contributed by atoms with Gasteiger partial charge in [-0.3, -0.25) is 4.68 Å². The second-order valence-electron chi connectivity index (χ2n) is 4.07. The molecule has 3 nitrogen and oxygen atoms in total. The molecule has 0 unspecified atom stereocenters. The molecule has 2 N–H and O–H groups in total. The Kier molecular flexibility index (Phi) is 2.95. The Morgan fingerprint density at radius 3 is 2.94 bits per heavy atom. The lowest BCUT2D eigenvalue weighted by atomic mass is 10.0. The third-order valence-electron chi connectivity index (χ3n) is 2.66. The number of anilines is 1. The minimum Gasteiger partial charge on any atom is -0.399 e. The standard InChI is InChI=1S/C13H17N3/c1-3-6-16-9-11(8-15-16)13-7-12(14)5-4-10(13)2/h4-5,7-9H,3,6,14H2,1-2H3. The average Bonchev–Trinajstić information content (AvgIpc) is 2.71. The monoisotopic (exact) mass is 215 g/mol. The highest BCUT2D eigenvalue weighted by Gasteiger charge is 2.05. The summed E-state index contributed by atoms with van der Waals surface area (Å²) in [5.74, 6) is 0. The van der Waals surface area contributed by atoms with E-state index in [2.05, 4.69) is 25.1 Å². The van der Waals surface area contributed by atoms with Gasteiger partial charge in [-0.05, 0) is 36.6 Å². The van der Waals surface area contributed by atoms with Crippen molar-refractivity contribution in [2.45, 2.75) is 26.8 Å². The largest absolute Gasteiger partial charge is 0.399 e. The maximum atomic E-state index is 5.80. The minimum absolute atomic E-state index is 0.795. The van der Waals surface area contributed by atoms with E-state index in [1.807, 2.05) is 29.1 Å². The Morgan fingerprint density at radius 1 is 1.38 bits per heavy atom. The van der Waals surface area contributed by atoms with Crippen LogP contribution in [0.4, 0.5) is 5.69 Å². The quantitative estimate of drug-likeness (QED) is 0.800. The van der Waals surface area contributed by atoms with Gasteiger partial charge in [0.25, 0.3) is 0 Å². The molecule has 0 radical (unpaired) electrons. The van der Waals surface area contributed by atoms with Gasteiger partial charge >= 0.3 is 0 Å². The highest BCUT2D eigenvalue weighted by Crippen LogP contribution is 2.24. The van der Waals surface area contributed by atoms with Crippen LogP contribution in [0, 0.1) is 6.92 Å². The van der Waals surface area contributed by atoms with E-state index >= 15 is 0 Å². The number of hydrogen-bond donors (Lipinski definition) is 1. The summed E-state index contributed by atoms with van der Waals surface area (Å²) in [5, 5.41) is 4.33. The summed E-state index contributed by atoms with van der Waals surface area (Å²) in [6.07, 6.45) is 5.07. The minimum atomic E-state index is 0.795. The van der Waals surface area contributed by atoms with Gasteiger partial charge in [-0.1, -0.05) is 13.0 Å². The first-order valence-electron chi connectivity index (χ1n) is 5.59. The third kappa shape index (κ3) is 2.08. The number of nitrogens with zero attached hydrogens (tertiary/aromatic N) is 2. The van der Waals surface area contributed by atoms with Gasteiger partial charge in [0, 0.05) is 24.0 Å². The van der Waals surface area contributed by atoms with Gasteiger partial charge < -0.3 is 5.73 Å². The van der Waals surface area contributed by atoms with E-state index < -0.39 is 0 Å². The van der Waals surface area contributed by atoms with Crippen LogP contribution in [0.25, 0.3) is 11.1 Å². The fraction of sp³-hybridized carbons (Fsp3) is 0.308. The summed E-state index contributed by atoms with van der Waals surface area (Å²) in [4.78, 5) is 0. The van der Waals surface area contributed by atoms with E-state index in [0.29, 0.717) is 0 Å². The molecule has 0 saturated heterocycles. The molecule has 3 heteroatoms. The van der Waals surface area contributed by atoms with E-state index in [0.717, 1.165) is 24.2 Å². The van der Waals surface area contributed by atoms with Gasteiger partial charge in [0.15, 0.2) is 0 Å². The summed E-state index contributed by atoms with van der Waals surface area (Å²) < 4.78 is 1.97. The molecule has 0 aliphatic carbocycles. The third-order valence-corrected chi connectivity index (χ3v) is 2.66. The fourth-order valence-corrected chi connectivity index (χ4v) is 1.80. The molecule has 2 aromatic rings. The maximum Gasteiger partial charge on any atom is 0.0568 e. The molecule has 0 amide bonds. The van der Waals surface area contributed by atoms with Crippen LogP contribution < -0.4 is 5.73 Å². The SMILES string of the molecule is CCCn1cc(-c2cc(N)ccc2C)cn1. The van der Waals surface area contributed by atoms with Gasteiger partial charge in [0.2, 0.25) is 0 Å². The zero-order chi connectivity index (χ0) is 11.5. The van der Waals surface area contributed by atoms with Crippen LogP contribution in [0.3, 0.4) is 0 Å². The predicted octanol–water partition coefficient (Wildman–Crippen LogP) is 2.85. The average molecular weight is 215 g/mol. The van der Waals surface area contributed by atoms with Gasteiger partial charge in [0.05, 0.1) is 6.20 Å². The summed E-state index contributed by atoms with van der Waals surface area (Å²) >= 11 is 0. The highest BCUT2D eigenvalue weighted by atomic mass is 15.3. The Hall–Kier alpha value is -1.77. The molecule has 1 heterocycles. The molecule has 16 heavy (non-hydrogen) atoms. The Labute approximate surface area is 95.9 Å². The van der Waals surface area contributed by atoms with Crippen LogP contribution in [0.2, 0.25) is 0 Å². The van der Waals surface area contributed by atoms with Crippen molar-refractivity contribution in [2.75, 3.05) is 5.73 Å². The van der Waals surface area contributed by atoms with E-state index in [1.165, 1.54) is 11.1 Å². The topological polar surface area (TPSA) is 43.8 Å². The lowest BCUT2D eigenvalue weighted by molar-refractivity contribution is 0.603. The van der Waals surface area contributed by atoms with Crippen LogP contribution in [-0.4, -0.2) is 9.78 Å². The molecule has 0 atom stereocenters. The Balaban J connectivity index is 2.38. The molecule has 0 saturated carbocycles. The van der Waals surface area contributed by atoms with E-state index in [4.69, 9.17) is 5.73 Å². The molecule has 0 aliphatic rings. The summed E-state index contributed by atoms with van der Waals surface area (Å²) in [7, 11) is 0. The van der Waals surface area contributed by atoms with Gasteiger partial charge in [-0.25, -0.2) is 0 Å². The van der Waals surface area contributed by atoms with Crippen LogP contribution in [0.1, 0.15) is 18.9 Å². The van der Waals surface area contributed by atoms with Crippen molar-refractivity contribution in [3.8, 4) is 11.1 Å². The lowest BCUT2D eigenvalue weighted by Gasteiger charge is -2.04. The number of nitrogen functional groups attached to an aromatic ring is 1. The molecule has 1 aromatic heterocycles. The molecule has 1 aromatic carbocycles. The second-order valence-corrected chi connectivity index (χ2v) is 4.07. The highest BCUT2D eigenvalue weighted by molar-refractivity contribution is 5.69. The van der Waals surface area contributed by atoms with Crippen molar-refractivity contribution in [2.24, 2.45) is 0 Å². The molecule has 0 aliphatic heterocycles. The van der Waals surface area contributed by atoms with Crippen molar-refractivity contribution < 1.29 is 0 Å². The van der Waals surface area contributed by atoms with Crippen molar-refractivity contribution in [3.05, 3.63) is 36.2 Å². The van der Waals surface area contributed by atoms with Gasteiger partial charge in [-0.2, -0.15) is 5.10 Å². The maximum absolute atomic E-state index is 5.80. The predicted molar refractivity (Wildman–Crippen MR) is 67.1 cm³/mol. The van der Waals surface area contributed by atoms with Crippen LogP contribution in [0.5, 0.6) is 0 Å². The molecule has 0 spiro atoms. The lowest BCUT2D eigenvalue weighted by Crippen LogP contribution is -1.95. The van der Waals surface area contributed by atoms with Crippen molar-refractivity contribution in [1.82, 2.24) is 9.78 Å². The normalized spacial score (nSPS) is 10.6. The van der Waals surface area contributed by atoms with Gasteiger partial charge in [-0.15, -0.1) is 0 Å². The number of nitrogens with two attached hydrogens (primary N) is 1. The van der Waals surface area contributed by atoms with Crippen LogP contribution >= 0.6 is 0 Å². The van der Waals surface area contributed by atoms with Crippen molar-refractivity contribution in [3.63, 3.8) is 0 Å². The van der Waals surface area contributed by atoms with Gasteiger partial charge in [0.1, 0.15) is 0 Å². The molecule has 0 fully saturated rings. The first kappa shape index (κ1) is 10.7. The summed E-state index contributed by atoms with van der Waals surface area (Å²) in [6.45, 7) is 5.19. The van der Waals surface area contributed by atoms with Crippen LogP contribution in [-0.2, 0) is 6.54 Å². The number of aromatic nitrogens is 2. The molecular weight excluding hydrogens is 198 g/mol. The zero-order valence-corrected chi connectivity index (χ0v) is 9.77. The first-order chi connectivity index (χ1) is 7.70. The first-order valence-corrected chi connectivity index (χ1v) is 5.59. The number of hydrogen-bond acceptors (Lipinski definition) is 2. The zero-order valence-electron chi connectivity index (χ0n) is 9.77. The molecule has 0 bridgehead atoms. The molecule has 84 valence electrons. The van der Waals surface area contributed by atoms with Crippen molar-refractivity contribution >= 4 is 5.69 Å². The molecule has 2 rings (SSSR count). The van der Waals surface area contributed by atoms with Crippen LogP contribution in [0.15, 0.2) is 30.6 Å². The number of rotatable bonds is 3. The Bertz CT molecular complexity index is 486. The smallest absolute Gasteiger partial charge is 0.0568 e. The van der Waals surface area contributed by atoms with Crippen molar-refractivity contribution in [1.29, 1.82) is 0 Å². The summed E-state index contributed by atoms with van der Waals surface area (Å²) in [5.41, 5.74) is 10.1. The number of benzene rings is 1.